The first kappa shape index (κ1) is 23.4. The highest BCUT2D eigenvalue weighted by Gasteiger charge is 2.25. The minimum absolute atomic E-state index is 0.0867. The molecule has 4 rings (SSSR count). The first-order valence-corrected chi connectivity index (χ1v) is 11.7. The fraction of sp³-hybridized carbons (Fsp3) is 0.423. The second kappa shape index (κ2) is 10.9. The predicted molar refractivity (Wildman–Crippen MR) is 125 cm³/mol. The van der Waals surface area contributed by atoms with Gasteiger partial charge in [0, 0.05) is 55.1 Å². The van der Waals surface area contributed by atoms with Crippen molar-refractivity contribution in [1.82, 2.24) is 15.2 Å². The Morgan fingerprint density at radius 2 is 2.00 bits per heavy atom. The molecule has 0 saturated carbocycles. The van der Waals surface area contributed by atoms with Crippen molar-refractivity contribution in [2.45, 2.75) is 32.1 Å². The number of hydrogen-bond acceptors (Lipinski definition) is 3. The zero-order valence-electron chi connectivity index (χ0n) is 19.0. The van der Waals surface area contributed by atoms with E-state index in [0.717, 1.165) is 73.8 Å². The highest BCUT2D eigenvalue weighted by Crippen LogP contribution is 2.36. The van der Waals surface area contributed by atoms with Crippen LogP contribution in [-0.2, 0) is 16.0 Å². The van der Waals surface area contributed by atoms with Gasteiger partial charge in [0.25, 0.3) is 0 Å². The van der Waals surface area contributed by atoms with E-state index in [-0.39, 0.29) is 12.3 Å². The third kappa shape index (κ3) is 5.60. The van der Waals surface area contributed by atoms with Crippen LogP contribution in [0.2, 0.25) is 0 Å². The summed E-state index contributed by atoms with van der Waals surface area (Å²) in [6.45, 7) is 6.88. The number of aromatic nitrogens is 1. The molecular formula is C26H31F2N3O2. The van der Waals surface area contributed by atoms with Crippen molar-refractivity contribution in [3.63, 3.8) is 0 Å². The summed E-state index contributed by atoms with van der Waals surface area (Å²) in [5.74, 6) is -1.94. The molecule has 0 unspecified atom stereocenters. The number of para-hydroxylation sites is 1. The molecule has 7 heteroatoms. The van der Waals surface area contributed by atoms with Crippen LogP contribution >= 0.6 is 0 Å². The standard InChI is InChI=1S/C26H31F2N3O2/c1-2-18-5-3-6-21-23(17-30-26(18)21)22(20-8-7-19(27)15-24(20)28)16-25(32)29-9-4-10-31-11-13-33-14-12-31/h3,5-8,15,17,22,30H,2,4,9-14,16H2,1H3,(H,29,32)/t22-/m1/s1. The number of aromatic amines is 1. The van der Waals surface area contributed by atoms with Crippen molar-refractivity contribution in [1.29, 1.82) is 0 Å². The molecular weight excluding hydrogens is 424 g/mol. The highest BCUT2D eigenvalue weighted by atomic mass is 19.1. The van der Waals surface area contributed by atoms with Crippen LogP contribution in [0.4, 0.5) is 8.78 Å². The number of carbonyl (C=O) groups excluding carboxylic acids is 1. The number of benzene rings is 2. The SMILES string of the molecule is CCc1cccc2c([C@H](CC(=O)NCCCN3CCOCC3)c3ccc(F)cc3F)c[nH]c12. The van der Waals surface area contributed by atoms with Gasteiger partial charge in [0.15, 0.2) is 0 Å². The van der Waals surface area contributed by atoms with Gasteiger partial charge in [-0.05, 0) is 42.1 Å². The monoisotopic (exact) mass is 455 g/mol. The fourth-order valence-corrected chi connectivity index (χ4v) is 4.61. The number of amides is 1. The van der Waals surface area contributed by atoms with E-state index in [1.165, 1.54) is 12.1 Å². The average Bonchev–Trinajstić information content (AvgIpc) is 3.25. The number of carbonyl (C=O) groups is 1. The number of rotatable bonds is 9. The third-order valence-electron chi connectivity index (χ3n) is 6.39. The molecule has 1 aliphatic rings. The molecule has 1 atom stereocenters. The van der Waals surface area contributed by atoms with E-state index < -0.39 is 17.6 Å². The lowest BCUT2D eigenvalue weighted by Crippen LogP contribution is -2.38. The van der Waals surface area contributed by atoms with Gasteiger partial charge in [-0.3, -0.25) is 9.69 Å². The summed E-state index contributed by atoms with van der Waals surface area (Å²) in [6, 6.07) is 9.59. The maximum Gasteiger partial charge on any atom is 0.220 e. The van der Waals surface area contributed by atoms with Crippen LogP contribution in [0.3, 0.4) is 0 Å². The van der Waals surface area contributed by atoms with Gasteiger partial charge in [-0.2, -0.15) is 0 Å². The van der Waals surface area contributed by atoms with Crippen LogP contribution in [0.1, 0.15) is 42.4 Å². The molecule has 2 N–H and O–H groups in total. The van der Waals surface area contributed by atoms with Crippen LogP contribution in [0.5, 0.6) is 0 Å². The Morgan fingerprint density at radius 1 is 1.18 bits per heavy atom. The number of H-pyrrole nitrogens is 1. The van der Waals surface area contributed by atoms with Crippen molar-refractivity contribution >= 4 is 16.8 Å². The number of nitrogens with one attached hydrogen (secondary N) is 2. The molecule has 0 aliphatic carbocycles. The van der Waals surface area contributed by atoms with Crippen molar-refractivity contribution in [3.05, 3.63) is 70.9 Å². The summed E-state index contributed by atoms with van der Waals surface area (Å²) >= 11 is 0. The van der Waals surface area contributed by atoms with Gasteiger partial charge in [0.1, 0.15) is 11.6 Å². The van der Waals surface area contributed by atoms with Gasteiger partial charge in [-0.25, -0.2) is 8.78 Å². The number of nitrogens with zero attached hydrogens (tertiary/aromatic N) is 1. The third-order valence-corrected chi connectivity index (χ3v) is 6.39. The molecule has 2 aromatic carbocycles. The zero-order valence-corrected chi connectivity index (χ0v) is 19.0. The highest BCUT2D eigenvalue weighted by molar-refractivity contribution is 5.88. The molecule has 1 fully saturated rings. The summed E-state index contributed by atoms with van der Waals surface area (Å²) < 4.78 is 33.8. The first-order valence-electron chi connectivity index (χ1n) is 11.7. The van der Waals surface area contributed by atoms with Gasteiger partial charge >= 0.3 is 0 Å². The van der Waals surface area contributed by atoms with Gasteiger partial charge in [0.05, 0.1) is 13.2 Å². The molecule has 1 amide bonds. The van der Waals surface area contributed by atoms with Crippen LogP contribution in [0.15, 0.2) is 42.6 Å². The molecule has 1 aliphatic heterocycles. The number of morpholine rings is 1. The van der Waals surface area contributed by atoms with E-state index in [1.54, 1.807) is 0 Å². The Balaban J connectivity index is 1.51. The Hall–Kier alpha value is -2.77. The molecule has 5 nitrogen and oxygen atoms in total. The predicted octanol–water partition coefficient (Wildman–Crippen LogP) is 4.37. The molecule has 1 aromatic heterocycles. The second-order valence-electron chi connectivity index (χ2n) is 8.52. The van der Waals surface area contributed by atoms with E-state index in [9.17, 15) is 13.6 Å². The van der Waals surface area contributed by atoms with E-state index in [1.807, 2.05) is 18.3 Å². The van der Waals surface area contributed by atoms with E-state index in [2.05, 4.69) is 28.2 Å². The summed E-state index contributed by atoms with van der Waals surface area (Å²) in [5, 5.41) is 3.94. The fourth-order valence-electron chi connectivity index (χ4n) is 4.61. The van der Waals surface area contributed by atoms with Crippen LogP contribution in [0.25, 0.3) is 10.9 Å². The second-order valence-corrected chi connectivity index (χ2v) is 8.52. The van der Waals surface area contributed by atoms with Crippen LogP contribution < -0.4 is 5.32 Å². The molecule has 2 heterocycles. The quantitative estimate of drug-likeness (QED) is 0.471. The summed E-state index contributed by atoms with van der Waals surface area (Å²) in [6.07, 6.45) is 3.64. The summed E-state index contributed by atoms with van der Waals surface area (Å²) in [4.78, 5) is 18.5. The van der Waals surface area contributed by atoms with E-state index in [4.69, 9.17) is 4.74 Å². The van der Waals surface area contributed by atoms with Gasteiger partial charge in [0.2, 0.25) is 5.91 Å². The molecule has 0 spiro atoms. The Bertz CT molecular complexity index is 1090. The van der Waals surface area contributed by atoms with Crippen molar-refractivity contribution in [2.24, 2.45) is 0 Å². The van der Waals surface area contributed by atoms with Gasteiger partial charge < -0.3 is 15.0 Å². The van der Waals surface area contributed by atoms with Crippen LogP contribution in [-0.4, -0.2) is 55.2 Å². The number of hydrogen-bond donors (Lipinski definition) is 2. The van der Waals surface area contributed by atoms with Crippen LogP contribution in [0, 0.1) is 11.6 Å². The lowest BCUT2D eigenvalue weighted by molar-refractivity contribution is -0.121. The number of ether oxygens (including phenoxy) is 1. The Morgan fingerprint density at radius 3 is 2.76 bits per heavy atom. The molecule has 176 valence electrons. The molecule has 3 aromatic rings. The number of halogens is 2. The van der Waals surface area contributed by atoms with Gasteiger partial charge in [-0.15, -0.1) is 0 Å². The van der Waals surface area contributed by atoms with Gasteiger partial charge in [-0.1, -0.05) is 31.2 Å². The average molecular weight is 456 g/mol. The lowest BCUT2D eigenvalue weighted by atomic mass is 9.87. The van der Waals surface area contributed by atoms with Crippen molar-refractivity contribution in [3.8, 4) is 0 Å². The molecule has 1 saturated heterocycles. The Kier molecular flexibility index (Phi) is 7.73. The topological polar surface area (TPSA) is 57.4 Å². The maximum atomic E-state index is 14.8. The minimum Gasteiger partial charge on any atom is -0.379 e. The largest absolute Gasteiger partial charge is 0.379 e. The number of aryl methyl sites for hydroxylation is 1. The zero-order chi connectivity index (χ0) is 23.2. The number of fused-ring (bicyclic) bond motifs is 1. The normalized spacial score (nSPS) is 15.6. The summed E-state index contributed by atoms with van der Waals surface area (Å²) in [5.41, 5.74) is 3.31. The smallest absolute Gasteiger partial charge is 0.220 e. The molecule has 0 bridgehead atoms. The van der Waals surface area contributed by atoms with E-state index >= 15 is 0 Å². The molecule has 0 radical (unpaired) electrons. The maximum absolute atomic E-state index is 14.8. The summed E-state index contributed by atoms with van der Waals surface area (Å²) in [7, 11) is 0. The van der Waals surface area contributed by atoms with E-state index in [0.29, 0.717) is 12.1 Å². The Labute approximate surface area is 193 Å². The minimum atomic E-state index is -0.638. The lowest BCUT2D eigenvalue weighted by Gasteiger charge is -2.26. The van der Waals surface area contributed by atoms with Crippen molar-refractivity contribution < 1.29 is 18.3 Å². The van der Waals surface area contributed by atoms with Crippen molar-refractivity contribution in [2.75, 3.05) is 39.4 Å². The first-order chi connectivity index (χ1) is 16.1. The molecule has 33 heavy (non-hydrogen) atoms.